The summed E-state index contributed by atoms with van der Waals surface area (Å²) in [5.41, 5.74) is 1.83. The maximum Gasteiger partial charge on any atom is 0.301 e. The van der Waals surface area contributed by atoms with Gasteiger partial charge in [-0.05, 0) is 24.3 Å². The Hall–Kier alpha value is -4.32. The van der Waals surface area contributed by atoms with Crippen molar-refractivity contribution in [1.82, 2.24) is 14.8 Å². The summed E-state index contributed by atoms with van der Waals surface area (Å²) in [5.74, 6) is 0.723. The van der Waals surface area contributed by atoms with Gasteiger partial charge in [-0.1, -0.05) is 53.5 Å². The van der Waals surface area contributed by atoms with Crippen molar-refractivity contribution in [2.24, 2.45) is 10.2 Å². The number of aromatic nitrogens is 3. The molecule has 2 aromatic heterocycles. The lowest BCUT2D eigenvalue weighted by atomic mass is 10.1. The summed E-state index contributed by atoms with van der Waals surface area (Å²) in [4.78, 5) is 28.6. The molecule has 3 aromatic carbocycles. The predicted molar refractivity (Wildman–Crippen MR) is 147 cm³/mol. The summed E-state index contributed by atoms with van der Waals surface area (Å²) in [6.45, 7) is 0. The van der Waals surface area contributed by atoms with Crippen molar-refractivity contribution in [2.75, 3.05) is 7.11 Å². The summed E-state index contributed by atoms with van der Waals surface area (Å²) in [6, 6.07) is 18.8. The fourth-order valence-corrected chi connectivity index (χ4v) is 4.92. The van der Waals surface area contributed by atoms with Gasteiger partial charge in [0.25, 0.3) is 5.69 Å². The topological polar surface area (TPSA) is 128 Å². The van der Waals surface area contributed by atoms with Crippen LogP contribution in [0.5, 0.6) is 5.75 Å². The van der Waals surface area contributed by atoms with Gasteiger partial charge in [-0.15, -0.1) is 21.6 Å². The molecule has 0 bridgehead atoms. The average molecular weight is 567 g/mol. The first-order chi connectivity index (χ1) is 18.4. The first-order valence-corrected chi connectivity index (χ1v) is 12.5. The Bertz CT molecular complexity index is 1710. The van der Waals surface area contributed by atoms with E-state index in [4.69, 9.17) is 27.9 Å². The SMILES string of the molecule is COc1ccc(-c2csc(-n3[nH]c(-c4ccccc4)c(N=Nc4c(Cl)cc([N+](=O)[O-])cc4Cl)c3=O)n2)cc1. The molecule has 0 aliphatic carbocycles. The van der Waals surface area contributed by atoms with Crippen LogP contribution in [0.2, 0.25) is 10.0 Å². The minimum atomic E-state index is -0.620. The van der Waals surface area contributed by atoms with Crippen molar-refractivity contribution >= 4 is 51.6 Å². The second kappa shape index (κ2) is 10.6. The summed E-state index contributed by atoms with van der Waals surface area (Å²) < 4.78 is 6.49. The molecule has 0 unspecified atom stereocenters. The molecule has 5 aromatic rings. The van der Waals surface area contributed by atoms with E-state index in [1.165, 1.54) is 16.0 Å². The van der Waals surface area contributed by atoms with Crippen LogP contribution in [-0.2, 0) is 0 Å². The first kappa shape index (κ1) is 25.3. The van der Waals surface area contributed by atoms with Gasteiger partial charge in [0, 0.05) is 28.6 Å². The van der Waals surface area contributed by atoms with E-state index in [1.807, 2.05) is 60.0 Å². The Morgan fingerprint density at radius 1 is 1.00 bits per heavy atom. The van der Waals surface area contributed by atoms with Crippen molar-refractivity contribution in [1.29, 1.82) is 0 Å². The Kier molecular flexibility index (Phi) is 7.05. The second-order valence-electron chi connectivity index (χ2n) is 7.80. The number of halogens is 2. The molecule has 190 valence electrons. The summed E-state index contributed by atoms with van der Waals surface area (Å²) in [5, 5.41) is 24.5. The number of benzene rings is 3. The molecule has 10 nitrogen and oxygen atoms in total. The van der Waals surface area contributed by atoms with Gasteiger partial charge in [0.15, 0.2) is 5.69 Å². The number of nitro benzene ring substituents is 1. The zero-order chi connectivity index (χ0) is 26.8. The number of nitrogens with zero attached hydrogens (tertiary/aromatic N) is 5. The fourth-order valence-electron chi connectivity index (χ4n) is 3.58. The van der Waals surface area contributed by atoms with Crippen molar-refractivity contribution in [3.8, 4) is 33.4 Å². The molecule has 38 heavy (non-hydrogen) atoms. The highest BCUT2D eigenvalue weighted by atomic mass is 35.5. The Labute approximate surface area is 228 Å². The van der Waals surface area contributed by atoms with Gasteiger partial charge in [0.2, 0.25) is 5.13 Å². The zero-order valence-electron chi connectivity index (χ0n) is 19.5. The number of aromatic amines is 1. The Morgan fingerprint density at radius 3 is 2.29 bits per heavy atom. The van der Waals surface area contributed by atoms with E-state index in [9.17, 15) is 14.9 Å². The monoisotopic (exact) mass is 566 g/mol. The number of hydrogen-bond donors (Lipinski definition) is 1. The van der Waals surface area contributed by atoms with Gasteiger partial charge < -0.3 is 4.74 Å². The Morgan fingerprint density at radius 2 is 1.66 bits per heavy atom. The minimum Gasteiger partial charge on any atom is -0.497 e. The summed E-state index contributed by atoms with van der Waals surface area (Å²) >= 11 is 13.6. The molecule has 0 amide bonds. The van der Waals surface area contributed by atoms with Crippen molar-refractivity contribution in [2.45, 2.75) is 0 Å². The molecule has 5 rings (SSSR count). The first-order valence-electron chi connectivity index (χ1n) is 10.9. The van der Waals surface area contributed by atoms with E-state index in [2.05, 4.69) is 20.3 Å². The van der Waals surface area contributed by atoms with Crippen LogP contribution >= 0.6 is 34.5 Å². The van der Waals surface area contributed by atoms with E-state index < -0.39 is 10.5 Å². The molecular formula is C25H16Cl2N6O4S. The van der Waals surface area contributed by atoms with Crippen molar-refractivity contribution in [3.63, 3.8) is 0 Å². The van der Waals surface area contributed by atoms with Gasteiger partial charge in [-0.25, -0.2) is 4.98 Å². The van der Waals surface area contributed by atoms with Gasteiger partial charge in [-0.2, -0.15) is 4.68 Å². The van der Waals surface area contributed by atoms with Crippen molar-refractivity contribution in [3.05, 3.63) is 103 Å². The molecule has 0 atom stereocenters. The number of thiazole rings is 1. The molecule has 13 heteroatoms. The van der Waals surface area contributed by atoms with Crippen LogP contribution in [-0.4, -0.2) is 26.8 Å². The van der Waals surface area contributed by atoms with Gasteiger partial charge in [0.05, 0.1) is 33.5 Å². The molecule has 0 aliphatic heterocycles. The third-order valence-corrected chi connectivity index (χ3v) is 6.86. The smallest absolute Gasteiger partial charge is 0.301 e. The molecule has 0 fully saturated rings. The van der Waals surface area contributed by atoms with Crippen LogP contribution in [0, 0.1) is 10.1 Å². The zero-order valence-corrected chi connectivity index (χ0v) is 21.8. The standard InChI is InChI=1S/C25H16Cl2N6O4S/c1-37-17-9-7-14(8-10-17)20-13-38-25(28-20)32-24(34)23(21(31-32)15-5-3-2-4-6-15)30-29-22-18(26)11-16(33(35)36)12-19(22)27/h2-13,31H,1H3. The number of nitro groups is 1. The number of H-pyrrole nitrogens is 1. The van der Waals surface area contributed by atoms with E-state index in [0.717, 1.165) is 23.4 Å². The minimum absolute atomic E-state index is 0.00105. The summed E-state index contributed by atoms with van der Waals surface area (Å²) in [6.07, 6.45) is 0. The number of nitrogens with one attached hydrogen (secondary N) is 1. The predicted octanol–water partition coefficient (Wildman–Crippen LogP) is 7.60. The number of rotatable bonds is 7. The third kappa shape index (κ3) is 4.94. The van der Waals surface area contributed by atoms with Crippen LogP contribution in [0.25, 0.3) is 27.6 Å². The molecule has 0 saturated heterocycles. The highest BCUT2D eigenvalue weighted by Crippen LogP contribution is 2.38. The third-order valence-electron chi connectivity index (χ3n) is 5.46. The highest BCUT2D eigenvalue weighted by molar-refractivity contribution is 7.12. The summed E-state index contributed by atoms with van der Waals surface area (Å²) in [7, 11) is 1.59. The highest BCUT2D eigenvalue weighted by Gasteiger charge is 2.20. The number of hydrogen-bond acceptors (Lipinski definition) is 8. The lowest BCUT2D eigenvalue weighted by molar-refractivity contribution is -0.384. The number of methoxy groups -OCH3 is 1. The molecular weight excluding hydrogens is 551 g/mol. The maximum atomic E-state index is 13.5. The molecule has 1 N–H and O–H groups in total. The quantitative estimate of drug-likeness (QED) is 0.123. The number of non-ortho nitro benzene ring substituents is 1. The van der Waals surface area contributed by atoms with Gasteiger partial charge in [0.1, 0.15) is 11.4 Å². The lowest BCUT2D eigenvalue weighted by Gasteiger charge is -2.01. The normalized spacial score (nSPS) is 11.2. The largest absolute Gasteiger partial charge is 0.497 e. The number of ether oxygens (including phenoxy) is 1. The van der Waals surface area contributed by atoms with Crippen molar-refractivity contribution < 1.29 is 9.66 Å². The second-order valence-corrected chi connectivity index (χ2v) is 9.45. The van der Waals surface area contributed by atoms with E-state index in [0.29, 0.717) is 22.1 Å². The number of azo groups is 1. The molecule has 0 radical (unpaired) electrons. The molecule has 0 spiro atoms. The molecule has 0 saturated carbocycles. The van der Waals surface area contributed by atoms with E-state index in [-0.39, 0.29) is 27.1 Å². The fraction of sp³-hybridized carbons (Fsp3) is 0.0400. The average Bonchev–Trinajstić information content (AvgIpc) is 3.53. The van der Waals surface area contributed by atoms with Crippen LogP contribution in [0.3, 0.4) is 0 Å². The van der Waals surface area contributed by atoms with E-state index in [1.54, 1.807) is 7.11 Å². The van der Waals surface area contributed by atoms with Crippen LogP contribution < -0.4 is 10.3 Å². The Balaban J connectivity index is 1.58. The van der Waals surface area contributed by atoms with Crippen LogP contribution in [0.1, 0.15) is 0 Å². The molecule has 2 heterocycles. The lowest BCUT2D eigenvalue weighted by Crippen LogP contribution is -2.13. The van der Waals surface area contributed by atoms with E-state index >= 15 is 0 Å². The van der Waals surface area contributed by atoms with Gasteiger partial charge in [-0.3, -0.25) is 20.0 Å². The maximum absolute atomic E-state index is 13.5. The molecule has 0 aliphatic rings. The van der Waals surface area contributed by atoms with Gasteiger partial charge >= 0.3 is 5.56 Å². The van der Waals surface area contributed by atoms with Crippen LogP contribution in [0.15, 0.2) is 87.1 Å². The van der Waals surface area contributed by atoms with Crippen LogP contribution in [0.4, 0.5) is 17.1 Å².